The molecule has 2 nitrogen and oxygen atoms in total. The monoisotopic (exact) mass is 278 g/mol. The first-order chi connectivity index (χ1) is 8.69. The van der Waals surface area contributed by atoms with Gasteiger partial charge in [0.05, 0.1) is 6.10 Å². The van der Waals surface area contributed by atoms with Crippen LogP contribution in [-0.2, 0) is 9.22 Å². The molecular weight excluding hydrogens is 252 g/mol. The van der Waals surface area contributed by atoms with Crippen molar-refractivity contribution in [3.63, 3.8) is 0 Å². The Morgan fingerprint density at radius 3 is 2.11 bits per heavy atom. The van der Waals surface area contributed by atoms with E-state index in [9.17, 15) is 4.79 Å². The molecule has 1 aromatic carbocycles. The third-order valence-corrected chi connectivity index (χ3v) is 8.50. The predicted molar refractivity (Wildman–Crippen MR) is 82.7 cm³/mol. The number of aldehydes is 1. The van der Waals surface area contributed by atoms with E-state index in [1.54, 1.807) is 0 Å². The summed E-state index contributed by atoms with van der Waals surface area (Å²) in [6, 6.07) is 10.1. The van der Waals surface area contributed by atoms with E-state index in [4.69, 9.17) is 4.43 Å². The average Bonchev–Trinajstić information content (AvgIpc) is 2.35. The number of hydrogen-bond donors (Lipinski definition) is 0. The minimum atomic E-state index is -1.89. The van der Waals surface area contributed by atoms with Crippen molar-refractivity contribution in [1.82, 2.24) is 0 Å². The summed E-state index contributed by atoms with van der Waals surface area (Å²) in [6.45, 7) is 13.0. The Bertz CT molecular complexity index is 407. The first-order valence-corrected chi connectivity index (χ1v) is 9.78. The minimum Gasteiger partial charge on any atom is -0.409 e. The van der Waals surface area contributed by atoms with Gasteiger partial charge in [-0.1, -0.05) is 58.0 Å². The van der Waals surface area contributed by atoms with E-state index >= 15 is 0 Å². The third kappa shape index (κ3) is 4.01. The average molecular weight is 278 g/mol. The van der Waals surface area contributed by atoms with Crippen LogP contribution < -0.4 is 0 Å². The Morgan fingerprint density at radius 2 is 1.68 bits per heavy atom. The molecule has 0 aliphatic heterocycles. The molecule has 0 aromatic heterocycles. The van der Waals surface area contributed by atoms with Gasteiger partial charge >= 0.3 is 0 Å². The molecule has 0 saturated heterocycles. The van der Waals surface area contributed by atoms with Crippen LogP contribution in [0.15, 0.2) is 30.3 Å². The van der Waals surface area contributed by atoms with Gasteiger partial charge in [-0.2, -0.15) is 0 Å². The van der Waals surface area contributed by atoms with Crippen LogP contribution in [0.1, 0.15) is 39.4 Å². The maximum Gasteiger partial charge on any atom is 0.192 e. The highest BCUT2D eigenvalue weighted by molar-refractivity contribution is 6.74. The normalized spacial score (nSPS) is 15.9. The van der Waals surface area contributed by atoms with Gasteiger partial charge in [-0.3, -0.25) is 0 Å². The molecule has 0 amide bonds. The number of carbonyl (C=O) groups excluding carboxylic acids is 1. The van der Waals surface area contributed by atoms with Crippen molar-refractivity contribution in [3.8, 4) is 0 Å². The number of rotatable bonds is 5. The summed E-state index contributed by atoms with van der Waals surface area (Å²) in [5.74, 6) is -0.128. The first kappa shape index (κ1) is 16.1. The molecule has 0 fully saturated rings. The molecule has 1 rings (SSSR count). The molecule has 1 aromatic rings. The van der Waals surface area contributed by atoms with Crippen molar-refractivity contribution in [2.24, 2.45) is 5.92 Å². The molecule has 0 spiro atoms. The van der Waals surface area contributed by atoms with Crippen LogP contribution in [0.3, 0.4) is 0 Å². The second kappa shape index (κ2) is 6.01. The van der Waals surface area contributed by atoms with Gasteiger partial charge in [0.25, 0.3) is 0 Å². The summed E-state index contributed by atoms with van der Waals surface area (Å²) in [5, 5.41) is 0.142. The summed E-state index contributed by atoms with van der Waals surface area (Å²) in [4.78, 5) is 11.2. The smallest absolute Gasteiger partial charge is 0.192 e. The maximum atomic E-state index is 11.2. The topological polar surface area (TPSA) is 26.3 Å². The van der Waals surface area contributed by atoms with Gasteiger partial charge in [0, 0.05) is 5.92 Å². The number of hydrogen-bond acceptors (Lipinski definition) is 2. The Kier molecular flexibility index (Phi) is 5.10. The molecule has 0 unspecified atom stereocenters. The zero-order chi connectivity index (χ0) is 14.7. The van der Waals surface area contributed by atoms with Crippen LogP contribution in [0, 0.1) is 5.92 Å². The summed E-state index contributed by atoms with van der Waals surface area (Å²) in [5.41, 5.74) is 1.09. The molecular formula is C16H26O2Si. The van der Waals surface area contributed by atoms with E-state index < -0.39 is 8.32 Å². The van der Waals surface area contributed by atoms with Gasteiger partial charge in [-0.25, -0.2) is 0 Å². The Balaban J connectivity index is 3.04. The van der Waals surface area contributed by atoms with Gasteiger partial charge in [0.15, 0.2) is 8.32 Å². The largest absolute Gasteiger partial charge is 0.409 e. The highest BCUT2D eigenvalue weighted by atomic mass is 28.4. The fourth-order valence-electron chi connectivity index (χ4n) is 1.69. The Morgan fingerprint density at radius 1 is 1.16 bits per heavy atom. The van der Waals surface area contributed by atoms with Crippen LogP contribution in [0.25, 0.3) is 0 Å². The Labute approximate surface area is 118 Å². The fourth-order valence-corrected chi connectivity index (χ4v) is 3.03. The van der Waals surface area contributed by atoms with Gasteiger partial charge in [-0.15, -0.1) is 0 Å². The lowest BCUT2D eigenvalue weighted by atomic mass is 9.99. The third-order valence-electron chi connectivity index (χ3n) is 4.05. The van der Waals surface area contributed by atoms with Gasteiger partial charge in [0.2, 0.25) is 0 Å². The minimum absolute atomic E-state index is 0.128. The van der Waals surface area contributed by atoms with E-state index in [-0.39, 0.29) is 17.1 Å². The molecule has 0 aliphatic carbocycles. The molecule has 106 valence electrons. The maximum absolute atomic E-state index is 11.2. The highest BCUT2D eigenvalue weighted by Gasteiger charge is 2.40. The lowest BCUT2D eigenvalue weighted by molar-refractivity contribution is -0.113. The molecule has 2 atom stereocenters. The lowest BCUT2D eigenvalue weighted by Gasteiger charge is -2.40. The quantitative estimate of drug-likeness (QED) is 0.582. The standard InChI is InChI=1S/C16H26O2Si/c1-13(12-17)15(14-10-8-7-9-11-14)18-19(5,6)16(2,3)4/h7-13,15H,1-6H3/t13-,15+/m1/s1. The van der Waals surface area contributed by atoms with Crippen LogP contribution in [-0.4, -0.2) is 14.6 Å². The van der Waals surface area contributed by atoms with Crippen molar-refractivity contribution >= 4 is 14.6 Å². The lowest BCUT2D eigenvalue weighted by Crippen LogP contribution is -2.43. The molecule has 0 aliphatic rings. The van der Waals surface area contributed by atoms with E-state index in [0.29, 0.717) is 0 Å². The van der Waals surface area contributed by atoms with E-state index in [2.05, 4.69) is 33.9 Å². The predicted octanol–water partition coefficient (Wildman–Crippen LogP) is 4.58. The van der Waals surface area contributed by atoms with Gasteiger partial charge < -0.3 is 9.22 Å². The number of carbonyl (C=O) groups is 1. The molecule has 0 N–H and O–H groups in total. The SMILES string of the molecule is C[C@H](C=O)[C@H](O[Si](C)(C)C(C)(C)C)c1ccccc1. The van der Waals surface area contributed by atoms with Gasteiger partial charge in [0.1, 0.15) is 6.29 Å². The molecule has 0 heterocycles. The summed E-state index contributed by atoms with van der Waals surface area (Å²) in [6.07, 6.45) is 0.852. The van der Waals surface area contributed by atoms with Crippen molar-refractivity contribution in [1.29, 1.82) is 0 Å². The summed E-state index contributed by atoms with van der Waals surface area (Å²) < 4.78 is 6.45. The van der Waals surface area contributed by atoms with E-state index in [0.717, 1.165) is 11.8 Å². The van der Waals surface area contributed by atoms with Crippen LogP contribution in [0.2, 0.25) is 18.1 Å². The van der Waals surface area contributed by atoms with Crippen molar-refractivity contribution < 1.29 is 9.22 Å². The second-order valence-corrected chi connectivity index (χ2v) is 11.5. The fraction of sp³-hybridized carbons (Fsp3) is 0.562. The highest BCUT2D eigenvalue weighted by Crippen LogP contribution is 2.41. The first-order valence-electron chi connectivity index (χ1n) is 6.87. The van der Waals surface area contributed by atoms with E-state index in [1.165, 1.54) is 0 Å². The molecule has 19 heavy (non-hydrogen) atoms. The molecule has 0 bridgehead atoms. The summed E-state index contributed by atoms with van der Waals surface area (Å²) >= 11 is 0. The molecule has 0 saturated carbocycles. The van der Waals surface area contributed by atoms with Crippen molar-refractivity contribution in [3.05, 3.63) is 35.9 Å². The Hall–Kier alpha value is -0.933. The second-order valence-electron chi connectivity index (χ2n) is 6.70. The van der Waals surface area contributed by atoms with Crippen LogP contribution >= 0.6 is 0 Å². The molecule has 3 heteroatoms. The van der Waals surface area contributed by atoms with Crippen molar-refractivity contribution in [2.45, 2.75) is 51.9 Å². The van der Waals surface area contributed by atoms with Crippen molar-refractivity contribution in [2.75, 3.05) is 0 Å². The molecule has 0 radical (unpaired) electrons. The van der Waals surface area contributed by atoms with Crippen LogP contribution in [0.4, 0.5) is 0 Å². The van der Waals surface area contributed by atoms with E-state index in [1.807, 2.05) is 37.3 Å². The summed E-state index contributed by atoms with van der Waals surface area (Å²) in [7, 11) is -1.89. The van der Waals surface area contributed by atoms with Crippen LogP contribution in [0.5, 0.6) is 0 Å². The zero-order valence-corrected chi connectivity index (χ0v) is 13.9. The van der Waals surface area contributed by atoms with Gasteiger partial charge in [-0.05, 0) is 23.7 Å². The number of benzene rings is 1. The zero-order valence-electron chi connectivity index (χ0n) is 12.9.